The predicted octanol–water partition coefficient (Wildman–Crippen LogP) is 2.06. The van der Waals surface area contributed by atoms with Gasteiger partial charge < -0.3 is 14.1 Å². The molecule has 0 aliphatic heterocycles. The van der Waals surface area contributed by atoms with Crippen LogP contribution in [0.1, 0.15) is 29.1 Å². The first kappa shape index (κ1) is 14.0. The van der Waals surface area contributed by atoms with Crippen molar-refractivity contribution in [1.82, 2.24) is 10.2 Å². The lowest BCUT2D eigenvalue weighted by molar-refractivity contribution is 0.0436. The fourth-order valence-electron chi connectivity index (χ4n) is 1.60. The standard InChI is InChI=1S/C14H17N3O3/c1-4-12-15-16-13(20-12)9-19-14(18)10-5-7-11(8-6-10)17(2)3/h5-8H,4,9H2,1-3H3. The van der Waals surface area contributed by atoms with Crippen molar-refractivity contribution in [2.24, 2.45) is 0 Å². The van der Waals surface area contributed by atoms with Gasteiger partial charge in [-0.3, -0.25) is 0 Å². The Balaban J connectivity index is 1.94. The van der Waals surface area contributed by atoms with Gasteiger partial charge in [-0.2, -0.15) is 0 Å². The highest BCUT2D eigenvalue weighted by atomic mass is 16.5. The van der Waals surface area contributed by atoms with Crippen LogP contribution in [0, 0.1) is 0 Å². The van der Waals surface area contributed by atoms with Crippen molar-refractivity contribution >= 4 is 11.7 Å². The summed E-state index contributed by atoms with van der Waals surface area (Å²) in [6.07, 6.45) is 0.660. The maximum absolute atomic E-state index is 11.8. The smallest absolute Gasteiger partial charge is 0.338 e. The Morgan fingerprint density at radius 2 is 1.85 bits per heavy atom. The van der Waals surface area contributed by atoms with E-state index in [9.17, 15) is 4.79 Å². The van der Waals surface area contributed by atoms with Crippen LogP contribution < -0.4 is 4.90 Å². The number of nitrogens with zero attached hydrogens (tertiary/aromatic N) is 3. The van der Waals surface area contributed by atoms with E-state index in [0.717, 1.165) is 5.69 Å². The Labute approximate surface area is 117 Å². The summed E-state index contributed by atoms with van der Waals surface area (Å²) in [7, 11) is 3.88. The zero-order chi connectivity index (χ0) is 14.5. The van der Waals surface area contributed by atoms with Crippen LogP contribution in [0.2, 0.25) is 0 Å². The topological polar surface area (TPSA) is 68.5 Å². The number of anilines is 1. The third-order valence-electron chi connectivity index (χ3n) is 2.76. The lowest BCUT2D eigenvalue weighted by Crippen LogP contribution is -2.09. The fourth-order valence-corrected chi connectivity index (χ4v) is 1.60. The molecule has 106 valence electrons. The van der Waals surface area contributed by atoms with Gasteiger partial charge >= 0.3 is 5.97 Å². The second kappa shape index (κ2) is 6.18. The summed E-state index contributed by atoms with van der Waals surface area (Å²) < 4.78 is 10.4. The van der Waals surface area contributed by atoms with E-state index in [0.29, 0.717) is 23.8 Å². The quantitative estimate of drug-likeness (QED) is 0.778. The van der Waals surface area contributed by atoms with Gasteiger partial charge in [0.15, 0.2) is 6.61 Å². The second-order valence-electron chi connectivity index (χ2n) is 4.46. The molecule has 6 nitrogen and oxygen atoms in total. The molecule has 0 spiro atoms. The molecule has 0 radical (unpaired) electrons. The molecule has 0 bridgehead atoms. The van der Waals surface area contributed by atoms with Gasteiger partial charge in [-0.05, 0) is 24.3 Å². The first-order valence-electron chi connectivity index (χ1n) is 6.36. The van der Waals surface area contributed by atoms with E-state index >= 15 is 0 Å². The van der Waals surface area contributed by atoms with Crippen molar-refractivity contribution in [2.45, 2.75) is 20.0 Å². The molecule has 0 saturated heterocycles. The number of carbonyl (C=O) groups is 1. The zero-order valence-electron chi connectivity index (χ0n) is 11.8. The summed E-state index contributed by atoms with van der Waals surface area (Å²) in [4.78, 5) is 13.8. The molecule has 2 rings (SSSR count). The van der Waals surface area contributed by atoms with Gasteiger partial charge in [0, 0.05) is 26.2 Å². The third kappa shape index (κ3) is 3.34. The van der Waals surface area contributed by atoms with Crippen LogP contribution in [0.15, 0.2) is 28.7 Å². The highest BCUT2D eigenvalue weighted by Gasteiger charge is 2.10. The van der Waals surface area contributed by atoms with E-state index in [1.54, 1.807) is 12.1 Å². The van der Waals surface area contributed by atoms with Crippen LogP contribution in [-0.2, 0) is 17.8 Å². The average molecular weight is 275 g/mol. The van der Waals surface area contributed by atoms with Crippen LogP contribution in [0.5, 0.6) is 0 Å². The number of hydrogen-bond acceptors (Lipinski definition) is 6. The predicted molar refractivity (Wildman–Crippen MR) is 73.6 cm³/mol. The van der Waals surface area contributed by atoms with Gasteiger partial charge in [0.1, 0.15) is 0 Å². The first-order chi connectivity index (χ1) is 9.60. The van der Waals surface area contributed by atoms with Gasteiger partial charge in [0.2, 0.25) is 5.89 Å². The van der Waals surface area contributed by atoms with Crippen LogP contribution in [-0.4, -0.2) is 30.3 Å². The number of ether oxygens (including phenoxy) is 1. The minimum atomic E-state index is -0.411. The lowest BCUT2D eigenvalue weighted by atomic mass is 10.2. The van der Waals surface area contributed by atoms with E-state index in [1.165, 1.54) is 0 Å². The van der Waals surface area contributed by atoms with Crippen LogP contribution in [0.3, 0.4) is 0 Å². The van der Waals surface area contributed by atoms with Gasteiger partial charge in [0.25, 0.3) is 5.89 Å². The molecule has 2 aromatic rings. The third-order valence-corrected chi connectivity index (χ3v) is 2.76. The van der Waals surface area contributed by atoms with Crippen molar-refractivity contribution in [1.29, 1.82) is 0 Å². The van der Waals surface area contributed by atoms with Crippen LogP contribution in [0.4, 0.5) is 5.69 Å². The minimum absolute atomic E-state index is 0.0126. The lowest BCUT2D eigenvalue weighted by Gasteiger charge is -2.12. The number of aromatic nitrogens is 2. The maximum Gasteiger partial charge on any atom is 0.338 e. The van der Waals surface area contributed by atoms with Gasteiger partial charge in [-0.25, -0.2) is 4.79 Å². The fraction of sp³-hybridized carbons (Fsp3) is 0.357. The summed E-state index contributed by atoms with van der Waals surface area (Å²) in [5, 5.41) is 7.59. The maximum atomic E-state index is 11.8. The van der Waals surface area contributed by atoms with Crippen LogP contribution >= 0.6 is 0 Å². The van der Waals surface area contributed by atoms with Crippen molar-refractivity contribution < 1.29 is 13.9 Å². The molecule has 0 amide bonds. The molecule has 0 unspecified atom stereocenters. The van der Waals surface area contributed by atoms with Crippen LogP contribution in [0.25, 0.3) is 0 Å². The van der Waals surface area contributed by atoms with Gasteiger partial charge in [0.05, 0.1) is 5.56 Å². The van der Waals surface area contributed by atoms with Gasteiger partial charge in [-0.15, -0.1) is 10.2 Å². The van der Waals surface area contributed by atoms with Crippen molar-refractivity contribution in [3.63, 3.8) is 0 Å². The molecule has 0 saturated carbocycles. The van der Waals surface area contributed by atoms with E-state index in [2.05, 4.69) is 10.2 Å². The number of rotatable bonds is 5. The normalized spacial score (nSPS) is 10.3. The second-order valence-corrected chi connectivity index (χ2v) is 4.46. The summed E-state index contributed by atoms with van der Waals surface area (Å²) in [6, 6.07) is 7.17. The monoisotopic (exact) mass is 275 g/mol. The van der Waals surface area contributed by atoms with Gasteiger partial charge in [-0.1, -0.05) is 6.92 Å². The summed E-state index contributed by atoms with van der Waals surface area (Å²) in [5.74, 6) is 0.429. The Morgan fingerprint density at radius 3 is 2.40 bits per heavy atom. The molecule has 0 N–H and O–H groups in total. The number of esters is 1. The Hall–Kier alpha value is -2.37. The molecule has 1 aromatic heterocycles. The molecule has 0 atom stereocenters. The van der Waals surface area contributed by atoms with Crippen molar-refractivity contribution in [3.8, 4) is 0 Å². The highest BCUT2D eigenvalue weighted by molar-refractivity contribution is 5.89. The Bertz CT molecular complexity index is 576. The first-order valence-corrected chi connectivity index (χ1v) is 6.36. The largest absolute Gasteiger partial charge is 0.452 e. The Morgan fingerprint density at radius 1 is 1.20 bits per heavy atom. The number of aryl methyl sites for hydroxylation is 1. The van der Waals surface area contributed by atoms with Crippen molar-refractivity contribution in [2.75, 3.05) is 19.0 Å². The average Bonchev–Trinajstić information content (AvgIpc) is 2.93. The molecule has 1 heterocycles. The van der Waals surface area contributed by atoms with Crippen molar-refractivity contribution in [3.05, 3.63) is 41.6 Å². The summed E-state index contributed by atoms with van der Waals surface area (Å²) in [6.45, 7) is 1.90. The molecule has 0 aliphatic rings. The summed E-state index contributed by atoms with van der Waals surface area (Å²) in [5.41, 5.74) is 1.51. The molecule has 0 fully saturated rings. The SMILES string of the molecule is CCc1nnc(COC(=O)c2ccc(N(C)C)cc2)o1. The molecular weight excluding hydrogens is 258 g/mol. The molecule has 20 heavy (non-hydrogen) atoms. The molecule has 1 aromatic carbocycles. The molecule has 6 heteroatoms. The summed E-state index contributed by atoms with van der Waals surface area (Å²) >= 11 is 0. The molecule has 0 aliphatic carbocycles. The molecular formula is C14H17N3O3. The van der Waals surface area contributed by atoms with E-state index in [1.807, 2.05) is 38.1 Å². The number of benzene rings is 1. The zero-order valence-corrected chi connectivity index (χ0v) is 11.8. The van der Waals surface area contributed by atoms with E-state index in [-0.39, 0.29) is 6.61 Å². The Kier molecular flexibility index (Phi) is 4.34. The minimum Gasteiger partial charge on any atom is -0.452 e. The van der Waals surface area contributed by atoms with E-state index < -0.39 is 5.97 Å². The number of carbonyl (C=O) groups excluding carboxylic acids is 1. The van der Waals surface area contributed by atoms with E-state index in [4.69, 9.17) is 9.15 Å². The number of hydrogen-bond donors (Lipinski definition) is 0. The highest BCUT2D eigenvalue weighted by Crippen LogP contribution is 2.13.